The van der Waals surface area contributed by atoms with Crippen LogP contribution in [0.1, 0.15) is 30.8 Å². The molecule has 0 aliphatic heterocycles. The Balaban J connectivity index is 1.39. The molecule has 0 saturated heterocycles. The van der Waals surface area contributed by atoms with E-state index in [1.165, 1.54) is 0 Å². The van der Waals surface area contributed by atoms with E-state index in [1.807, 2.05) is 48.5 Å². The van der Waals surface area contributed by atoms with Crippen LogP contribution in [0.4, 0.5) is 0 Å². The van der Waals surface area contributed by atoms with Gasteiger partial charge >= 0.3 is 0 Å². The summed E-state index contributed by atoms with van der Waals surface area (Å²) in [6.07, 6.45) is 5.77. The summed E-state index contributed by atoms with van der Waals surface area (Å²) in [6, 6.07) is 18.0. The molecule has 2 aromatic heterocycles. The normalized spacial score (nSPS) is 16.4. The first kappa shape index (κ1) is 24.0. The maximum Gasteiger partial charge on any atom is 0.185 e. The largest absolute Gasteiger partial charge is 0.457 e. The van der Waals surface area contributed by atoms with Crippen molar-refractivity contribution in [3.8, 4) is 22.6 Å². The molecule has 1 aliphatic rings. The molecule has 0 spiro atoms. The van der Waals surface area contributed by atoms with Crippen LogP contribution < -0.4 is 0 Å². The molecule has 7 heteroatoms. The van der Waals surface area contributed by atoms with Crippen LogP contribution in [0.3, 0.4) is 0 Å². The maximum atomic E-state index is 13.2. The number of ketones is 1. The number of carbonyl (C=O) groups excluding carboxylic acids is 1. The second-order valence-corrected chi connectivity index (χ2v) is 9.70. The summed E-state index contributed by atoms with van der Waals surface area (Å²) < 4.78 is 11.9. The van der Waals surface area contributed by atoms with Crippen molar-refractivity contribution in [1.29, 1.82) is 0 Å². The van der Waals surface area contributed by atoms with E-state index in [-0.39, 0.29) is 5.78 Å². The second-order valence-electron chi connectivity index (χ2n) is 8.13. The van der Waals surface area contributed by atoms with Crippen molar-refractivity contribution in [2.24, 2.45) is 0 Å². The van der Waals surface area contributed by atoms with Gasteiger partial charge in [0.25, 0.3) is 0 Å². The van der Waals surface area contributed by atoms with Gasteiger partial charge < -0.3 is 8.83 Å². The van der Waals surface area contributed by atoms with Crippen molar-refractivity contribution in [2.45, 2.75) is 19.3 Å². The molecule has 1 aliphatic carbocycles. The molecule has 2 heterocycles. The lowest BCUT2D eigenvalue weighted by Gasteiger charge is -2.15. The van der Waals surface area contributed by atoms with Gasteiger partial charge in [-0.3, -0.25) is 4.79 Å². The van der Waals surface area contributed by atoms with Crippen molar-refractivity contribution in [3.63, 3.8) is 0 Å². The van der Waals surface area contributed by atoms with Crippen LogP contribution >= 0.6 is 46.4 Å². The summed E-state index contributed by atoms with van der Waals surface area (Å²) in [5.74, 6) is 2.32. The maximum absolute atomic E-state index is 13.2. The SMILES string of the molecule is O=C1C(=Cc2ccc(-c3cccc(Cl)c3Cl)o2)CCCC1=Cc1ccc(-c2cccc(Cl)c2Cl)o1. The zero-order valence-corrected chi connectivity index (χ0v) is 21.3. The minimum Gasteiger partial charge on any atom is -0.457 e. The van der Waals surface area contributed by atoms with Crippen LogP contribution in [-0.2, 0) is 4.79 Å². The van der Waals surface area contributed by atoms with Crippen molar-refractivity contribution in [1.82, 2.24) is 0 Å². The van der Waals surface area contributed by atoms with E-state index < -0.39 is 0 Å². The standard InChI is InChI=1S/C28H18Cl4O3/c29-22-8-2-6-20(26(22)31)24-12-10-18(34-24)14-16-4-1-5-17(28(16)33)15-19-11-13-25(35-19)21-7-3-9-23(30)27(21)32/h2-3,6-15H,1,4-5H2. The highest BCUT2D eigenvalue weighted by molar-refractivity contribution is 6.44. The first-order valence-corrected chi connectivity index (χ1v) is 12.5. The smallest absolute Gasteiger partial charge is 0.185 e. The summed E-state index contributed by atoms with van der Waals surface area (Å²) in [4.78, 5) is 13.2. The summed E-state index contributed by atoms with van der Waals surface area (Å²) in [6.45, 7) is 0. The fraction of sp³-hybridized carbons (Fsp3) is 0.107. The number of Topliss-reactive ketones (excluding diaryl/α,β-unsaturated/α-hetero) is 1. The highest BCUT2D eigenvalue weighted by Gasteiger charge is 2.22. The zero-order valence-electron chi connectivity index (χ0n) is 18.3. The van der Waals surface area contributed by atoms with Gasteiger partial charge in [0.05, 0.1) is 20.1 Å². The summed E-state index contributed by atoms with van der Waals surface area (Å²) >= 11 is 24.9. The molecule has 176 valence electrons. The zero-order chi connectivity index (χ0) is 24.5. The van der Waals surface area contributed by atoms with Crippen LogP contribution in [0.2, 0.25) is 20.1 Å². The minimum atomic E-state index is -0.0197. The lowest BCUT2D eigenvalue weighted by Crippen LogP contribution is -2.12. The molecule has 0 bridgehead atoms. The molecule has 4 aromatic rings. The van der Waals surface area contributed by atoms with Crippen LogP contribution in [0.5, 0.6) is 0 Å². The van der Waals surface area contributed by atoms with Crippen molar-refractivity contribution < 1.29 is 13.6 Å². The Bertz CT molecular complexity index is 1380. The van der Waals surface area contributed by atoms with Crippen LogP contribution in [-0.4, -0.2) is 5.78 Å². The molecular weight excluding hydrogens is 526 g/mol. The van der Waals surface area contributed by atoms with Gasteiger partial charge in [-0.25, -0.2) is 0 Å². The molecular formula is C28H18Cl4O3. The Morgan fingerprint density at radius 3 is 1.54 bits per heavy atom. The number of carbonyl (C=O) groups is 1. The van der Waals surface area contributed by atoms with Crippen molar-refractivity contribution in [3.05, 3.63) is 103 Å². The third-order valence-electron chi connectivity index (χ3n) is 5.80. The third kappa shape index (κ3) is 5.00. The fourth-order valence-corrected chi connectivity index (χ4v) is 4.85. The summed E-state index contributed by atoms with van der Waals surface area (Å²) in [5.41, 5.74) is 2.77. The number of hydrogen-bond donors (Lipinski definition) is 0. The topological polar surface area (TPSA) is 43.4 Å². The monoisotopic (exact) mass is 542 g/mol. The quantitative estimate of drug-likeness (QED) is 0.240. The third-order valence-corrected chi connectivity index (χ3v) is 7.43. The van der Waals surface area contributed by atoms with Gasteiger partial charge in [-0.15, -0.1) is 0 Å². The molecule has 0 unspecified atom stereocenters. The first-order chi connectivity index (χ1) is 16.9. The lowest BCUT2D eigenvalue weighted by molar-refractivity contribution is -0.112. The molecule has 0 atom stereocenters. The number of rotatable bonds is 4. The minimum absolute atomic E-state index is 0.0197. The van der Waals surface area contributed by atoms with E-state index in [2.05, 4.69) is 0 Å². The van der Waals surface area contributed by atoms with E-state index in [0.29, 0.717) is 78.2 Å². The Labute approximate surface area is 222 Å². The Morgan fingerprint density at radius 2 is 1.09 bits per heavy atom. The van der Waals surface area contributed by atoms with E-state index >= 15 is 0 Å². The predicted molar refractivity (Wildman–Crippen MR) is 143 cm³/mol. The van der Waals surface area contributed by atoms with E-state index in [4.69, 9.17) is 55.2 Å². The number of halogens is 4. The molecule has 0 N–H and O–H groups in total. The van der Waals surface area contributed by atoms with Gasteiger partial charge in [-0.2, -0.15) is 0 Å². The summed E-state index contributed by atoms with van der Waals surface area (Å²) in [7, 11) is 0. The van der Waals surface area contributed by atoms with E-state index in [0.717, 1.165) is 6.42 Å². The molecule has 3 nitrogen and oxygen atoms in total. The second kappa shape index (κ2) is 10.1. The lowest BCUT2D eigenvalue weighted by atomic mass is 9.88. The number of hydrogen-bond acceptors (Lipinski definition) is 3. The van der Waals surface area contributed by atoms with Gasteiger partial charge in [-0.05, 0) is 79.9 Å². The van der Waals surface area contributed by atoms with E-state index in [9.17, 15) is 4.79 Å². The fourth-order valence-electron chi connectivity index (χ4n) is 4.06. The Kier molecular flexibility index (Phi) is 6.95. The van der Waals surface area contributed by atoms with E-state index in [1.54, 1.807) is 24.3 Å². The predicted octanol–water partition coefficient (Wildman–Crippen LogP) is 10.0. The highest BCUT2D eigenvalue weighted by Crippen LogP contribution is 2.37. The van der Waals surface area contributed by atoms with Gasteiger partial charge in [0.15, 0.2) is 5.78 Å². The number of benzene rings is 2. The van der Waals surface area contributed by atoms with Gasteiger partial charge in [0.2, 0.25) is 0 Å². The van der Waals surface area contributed by atoms with Crippen LogP contribution in [0.15, 0.2) is 80.6 Å². The number of furan rings is 2. The summed E-state index contributed by atoms with van der Waals surface area (Å²) in [5, 5.41) is 1.77. The van der Waals surface area contributed by atoms with Crippen LogP contribution in [0.25, 0.3) is 34.8 Å². The molecule has 0 amide bonds. The van der Waals surface area contributed by atoms with Gasteiger partial charge in [0, 0.05) is 22.3 Å². The van der Waals surface area contributed by atoms with Gasteiger partial charge in [-0.1, -0.05) is 58.5 Å². The number of allylic oxidation sites excluding steroid dienone is 2. The average molecular weight is 544 g/mol. The van der Waals surface area contributed by atoms with Crippen molar-refractivity contribution in [2.75, 3.05) is 0 Å². The Morgan fingerprint density at radius 1 is 0.629 bits per heavy atom. The molecule has 5 rings (SSSR count). The average Bonchev–Trinajstić information content (AvgIpc) is 3.50. The highest BCUT2D eigenvalue weighted by atomic mass is 35.5. The van der Waals surface area contributed by atoms with Crippen LogP contribution in [0, 0.1) is 0 Å². The first-order valence-electron chi connectivity index (χ1n) is 10.9. The Hall–Kier alpha value is -2.69. The molecule has 35 heavy (non-hydrogen) atoms. The molecule has 1 fully saturated rings. The van der Waals surface area contributed by atoms with Crippen molar-refractivity contribution >= 4 is 64.3 Å². The molecule has 0 radical (unpaired) electrons. The molecule has 2 aromatic carbocycles. The molecule has 1 saturated carbocycles. The van der Waals surface area contributed by atoms with Gasteiger partial charge in [0.1, 0.15) is 23.0 Å².